The van der Waals surface area contributed by atoms with Crippen molar-refractivity contribution in [1.82, 2.24) is 14.3 Å². The van der Waals surface area contributed by atoms with E-state index in [-0.39, 0.29) is 0 Å². The van der Waals surface area contributed by atoms with Crippen molar-refractivity contribution in [2.24, 2.45) is 0 Å². The Balaban J connectivity index is 1.70. The lowest BCUT2D eigenvalue weighted by atomic mass is 10.4. The van der Waals surface area contributed by atoms with Crippen LogP contribution in [0.4, 0.5) is 10.3 Å². The van der Waals surface area contributed by atoms with Crippen LogP contribution in [0.5, 0.6) is 0 Å². The summed E-state index contributed by atoms with van der Waals surface area (Å²) >= 11 is 0. The minimum atomic E-state index is -3.47. The largest absolute Gasteiger partial charge is 0.338 e. The zero-order chi connectivity index (χ0) is 15.6. The highest BCUT2D eigenvalue weighted by Crippen LogP contribution is 2.18. The second-order valence-corrected chi connectivity index (χ2v) is 6.84. The van der Waals surface area contributed by atoms with E-state index in [1.807, 2.05) is 4.90 Å². The summed E-state index contributed by atoms with van der Waals surface area (Å²) in [4.78, 5) is 9.98. The normalized spacial score (nSPS) is 16.7. The Bertz CT molecular complexity index is 729. The molecule has 0 amide bonds. The smallest absolute Gasteiger partial charge is 0.243 e. The van der Waals surface area contributed by atoms with Crippen molar-refractivity contribution in [3.8, 4) is 0 Å². The molecule has 0 N–H and O–H groups in total. The van der Waals surface area contributed by atoms with E-state index in [0.717, 1.165) is 12.4 Å². The molecular formula is C14H15FN4O2S. The van der Waals surface area contributed by atoms with Crippen LogP contribution in [0.1, 0.15) is 0 Å². The number of piperazine rings is 1. The lowest BCUT2D eigenvalue weighted by Crippen LogP contribution is -2.49. The Kier molecular flexibility index (Phi) is 4.04. The molecule has 1 aromatic carbocycles. The molecule has 8 heteroatoms. The van der Waals surface area contributed by atoms with Gasteiger partial charge in [0.25, 0.3) is 0 Å². The van der Waals surface area contributed by atoms with Crippen molar-refractivity contribution >= 4 is 16.0 Å². The van der Waals surface area contributed by atoms with E-state index < -0.39 is 15.8 Å². The van der Waals surface area contributed by atoms with Crippen LogP contribution in [0.15, 0.2) is 47.6 Å². The summed E-state index contributed by atoms with van der Waals surface area (Å²) < 4.78 is 39.3. The Morgan fingerprint density at radius 1 is 0.955 bits per heavy atom. The predicted molar refractivity (Wildman–Crippen MR) is 79.4 cm³/mol. The molecule has 1 aliphatic heterocycles. The lowest BCUT2D eigenvalue weighted by molar-refractivity contribution is 0.382. The highest BCUT2D eigenvalue weighted by atomic mass is 32.2. The number of sulfonamides is 1. The molecule has 1 aromatic heterocycles. The van der Waals surface area contributed by atoms with Gasteiger partial charge in [0.15, 0.2) is 5.82 Å². The topological polar surface area (TPSA) is 66.4 Å². The first-order chi connectivity index (χ1) is 10.6. The van der Waals surface area contributed by atoms with Crippen LogP contribution in [-0.4, -0.2) is 48.9 Å². The summed E-state index contributed by atoms with van der Waals surface area (Å²) in [6.45, 7) is 1.63. The van der Waals surface area contributed by atoms with Crippen LogP contribution < -0.4 is 4.90 Å². The molecule has 1 fully saturated rings. The molecule has 0 bridgehead atoms. The van der Waals surface area contributed by atoms with Gasteiger partial charge < -0.3 is 4.90 Å². The first kappa shape index (κ1) is 14.9. The molecule has 1 aliphatic rings. The summed E-state index contributed by atoms with van der Waals surface area (Å²) in [7, 11) is -3.47. The Morgan fingerprint density at radius 3 is 2.14 bits per heavy atom. The van der Waals surface area contributed by atoms with Crippen LogP contribution in [0.3, 0.4) is 0 Å². The number of rotatable bonds is 3. The molecule has 1 saturated heterocycles. The van der Waals surface area contributed by atoms with Gasteiger partial charge in [-0.25, -0.2) is 22.8 Å². The zero-order valence-electron chi connectivity index (χ0n) is 11.8. The third-order valence-electron chi connectivity index (χ3n) is 3.51. The van der Waals surface area contributed by atoms with Crippen LogP contribution in [0, 0.1) is 5.82 Å². The van der Waals surface area contributed by atoms with E-state index in [4.69, 9.17) is 0 Å². The summed E-state index contributed by atoms with van der Waals surface area (Å²) in [6, 6.07) is 8.36. The van der Waals surface area contributed by atoms with Crippen molar-refractivity contribution < 1.29 is 12.8 Å². The molecule has 116 valence electrons. The van der Waals surface area contributed by atoms with E-state index in [1.165, 1.54) is 4.31 Å². The zero-order valence-corrected chi connectivity index (χ0v) is 12.6. The first-order valence-corrected chi connectivity index (χ1v) is 8.29. The quantitative estimate of drug-likeness (QED) is 0.847. The van der Waals surface area contributed by atoms with Gasteiger partial charge in [-0.2, -0.15) is 4.31 Å². The molecule has 0 spiro atoms. The molecule has 22 heavy (non-hydrogen) atoms. The van der Waals surface area contributed by atoms with Gasteiger partial charge in [0.1, 0.15) is 0 Å². The molecule has 0 unspecified atom stereocenters. The fourth-order valence-corrected chi connectivity index (χ4v) is 3.78. The average molecular weight is 322 g/mol. The second-order valence-electron chi connectivity index (χ2n) is 4.91. The number of benzene rings is 1. The minimum Gasteiger partial charge on any atom is -0.338 e. The minimum absolute atomic E-state index is 0.293. The van der Waals surface area contributed by atoms with Gasteiger partial charge in [-0.3, -0.25) is 0 Å². The lowest BCUT2D eigenvalue weighted by Gasteiger charge is -2.33. The van der Waals surface area contributed by atoms with Gasteiger partial charge >= 0.3 is 0 Å². The molecule has 2 aromatic rings. The fraction of sp³-hybridized carbons (Fsp3) is 0.286. The highest BCUT2D eigenvalue weighted by Gasteiger charge is 2.29. The second kappa shape index (κ2) is 5.98. The standard InChI is InChI=1S/C14H15FN4O2S/c15-12-10-16-14(17-11-12)18-6-8-19(9-7-18)22(20,21)13-4-2-1-3-5-13/h1-5,10-11H,6-9H2. The average Bonchev–Trinajstić information content (AvgIpc) is 2.56. The monoisotopic (exact) mass is 322 g/mol. The maximum Gasteiger partial charge on any atom is 0.243 e. The van der Waals surface area contributed by atoms with Gasteiger partial charge in [-0.1, -0.05) is 18.2 Å². The SMILES string of the molecule is O=S(=O)(c1ccccc1)N1CCN(c2ncc(F)cn2)CC1. The van der Waals surface area contributed by atoms with Gasteiger partial charge in [-0.05, 0) is 12.1 Å². The number of aromatic nitrogens is 2. The predicted octanol–water partition coefficient (Wildman–Crippen LogP) is 1.13. The van der Waals surface area contributed by atoms with Crippen molar-refractivity contribution in [2.75, 3.05) is 31.1 Å². The van der Waals surface area contributed by atoms with Crippen molar-refractivity contribution in [2.45, 2.75) is 4.90 Å². The van der Waals surface area contributed by atoms with E-state index >= 15 is 0 Å². The third kappa shape index (κ3) is 2.93. The molecule has 0 saturated carbocycles. The summed E-state index contributed by atoms with van der Waals surface area (Å²) in [5.74, 6) is -0.0767. The number of hydrogen-bond acceptors (Lipinski definition) is 5. The third-order valence-corrected chi connectivity index (χ3v) is 5.42. The van der Waals surface area contributed by atoms with Crippen molar-refractivity contribution in [3.05, 3.63) is 48.5 Å². The first-order valence-electron chi connectivity index (χ1n) is 6.85. The van der Waals surface area contributed by atoms with E-state index in [0.29, 0.717) is 37.0 Å². The van der Waals surface area contributed by atoms with Crippen LogP contribution >= 0.6 is 0 Å². The summed E-state index contributed by atoms with van der Waals surface area (Å²) in [6.07, 6.45) is 2.21. The highest BCUT2D eigenvalue weighted by molar-refractivity contribution is 7.89. The number of anilines is 1. The Hall–Kier alpha value is -2.06. The molecule has 0 atom stereocenters. The van der Waals surface area contributed by atoms with E-state index in [1.54, 1.807) is 30.3 Å². The maximum atomic E-state index is 12.8. The number of halogens is 1. The molecule has 2 heterocycles. The molecule has 0 aliphatic carbocycles. The molecular weight excluding hydrogens is 307 g/mol. The molecule has 3 rings (SSSR count). The van der Waals surface area contributed by atoms with Crippen LogP contribution in [0.2, 0.25) is 0 Å². The van der Waals surface area contributed by atoms with Gasteiger partial charge in [0, 0.05) is 26.2 Å². The maximum absolute atomic E-state index is 12.8. The fourth-order valence-electron chi connectivity index (χ4n) is 2.34. The van der Waals surface area contributed by atoms with E-state index in [9.17, 15) is 12.8 Å². The van der Waals surface area contributed by atoms with E-state index in [2.05, 4.69) is 9.97 Å². The van der Waals surface area contributed by atoms with Crippen molar-refractivity contribution in [1.29, 1.82) is 0 Å². The van der Waals surface area contributed by atoms with Crippen LogP contribution in [0.25, 0.3) is 0 Å². The van der Waals surface area contributed by atoms with Gasteiger partial charge in [0.05, 0.1) is 17.3 Å². The van der Waals surface area contributed by atoms with Crippen LogP contribution in [-0.2, 0) is 10.0 Å². The Morgan fingerprint density at radius 2 is 1.55 bits per heavy atom. The number of nitrogens with zero attached hydrogens (tertiary/aromatic N) is 4. The molecule has 0 radical (unpaired) electrons. The summed E-state index contributed by atoms with van der Waals surface area (Å²) in [5.41, 5.74) is 0. The molecule has 6 nitrogen and oxygen atoms in total. The number of hydrogen-bond donors (Lipinski definition) is 0. The van der Waals surface area contributed by atoms with Gasteiger partial charge in [-0.15, -0.1) is 0 Å². The summed E-state index contributed by atoms with van der Waals surface area (Å²) in [5, 5.41) is 0. The van der Waals surface area contributed by atoms with Crippen molar-refractivity contribution in [3.63, 3.8) is 0 Å². The van der Waals surface area contributed by atoms with Gasteiger partial charge in [0.2, 0.25) is 16.0 Å². The Labute approximate surface area is 128 Å².